The van der Waals surface area contributed by atoms with Crippen molar-refractivity contribution in [3.8, 4) is 0 Å². The van der Waals surface area contributed by atoms with Crippen molar-refractivity contribution >= 4 is 23.7 Å². The highest BCUT2D eigenvalue weighted by Gasteiger charge is 2.11. The Morgan fingerprint density at radius 3 is 2.42 bits per heavy atom. The third-order valence-electron chi connectivity index (χ3n) is 2.25. The van der Waals surface area contributed by atoms with Crippen molar-refractivity contribution < 1.29 is 14.4 Å². The normalized spacial score (nSPS) is 10.2. The van der Waals surface area contributed by atoms with Gasteiger partial charge in [0.15, 0.2) is 0 Å². The van der Waals surface area contributed by atoms with E-state index >= 15 is 0 Å². The van der Waals surface area contributed by atoms with E-state index in [9.17, 15) is 14.4 Å². The third-order valence-corrected chi connectivity index (χ3v) is 2.25. The summed E-state index contributed by atoms with van der Waals surface area (Å²) in [6.45, 7) is 1.92. The maximum absolute atomic E-state index is 11.5. The Bertz CT molecular complexity index is 481. The van der Waals surface area contributed by atoms with Crippen LogP contribution in [0.3, 0.4) is 0 Å². The Morgan fingerprint density at radius 1 is 1.11 bits per heavy atom. The zero-order valence-corrected chi connectivity index (χ0v) is 10.7. The molecule has 2 amide bonds. The second-order valence-electron chi connectivity index (χ2n) is 3.74. The van der Waals surface area contributed by atoms with Crippen LogP contribution in [-0.2, 0) is 9.59 Å². The number of allylic oxidation sites excluding steroid dienone is 1. The summed E-state index contributed by atoms with van der Waals surface area (Å²) < 4.78 is 0. The SMILES string of the molecule is CCNC(=O)NCC(=O)C(=O)/C=C/c1ccccc1. The topological polar surface area (TPSA) is 75.3 Å². The standard InChI is InChI=1S/C14H16N2O3/c1-2-15-14(19)16-10-13(18)12(17)9-8-11-6-4-3-5-7-11/h3-9H,2,10H2,1H3,(H2,15,16,19)/b9-8+. The van der Waals surface area contributed by atoms with Gasteiger partial charge in [-0.3, -0.25) is 9.59 Å². The van der Waals surface area contributed by atoms with Crippen LogP contribution in [-0.4, -0.2) is 30.7 Å². The highest BCUT2D eigenvalue weighted by atomic mass is 16.2. The highest BCUT2D eigenvalue weighted by molar-refractivity contribution is 6.43. The molecule has 0 saturated carbocycles. The molecule has 5 nitrogen and oxygen atoms in total. The lowest BCUT2D eigenvalue weighted by molar-refractivity contribution is -0.133. The molecule has 0 saturated heterocycles. The first-order chi connectivity index (χ1) is 9.13. The summed E-state index contributed by atoms with van der Waals surface area (Å²) in [5.74, 6) is -1.29. The van der Waals surface area contributed by atoms with Crippen molar-refractivity contribution in [2.75, 3.05) is 13.1 Å². The molecule has 1 aromatic rings. The molecule has 0 fully saturated rings. The highest BCUT2D eigenvalue weighted by Crippen LogP contribution is 2.00. The zero-order valence-electron chi connectivity index (χ0n) is 10.7. The van der Waals surface area contributed by atoms with E-state index in [4.69, 9.17) is 0 Å². The van der Waals surface area contributed by atoms with Crippen LogP contribution in [0.2, 0.25) is 0 Å². The van der Waals surface area contributed by atoms with E-state index in [1.165, 1.54) is 6.08 Å². The predicted molar refractivity (Wildman–Crippen MR) is 72.6 cm³/mol. The summed E-state index contributed by atoms with van der Waals surface area (Å²) in [6, 6.07) is 8.71. The van der Waals surface area contributed by atoms with Gasteiger partial charge in [-0.2, -0.15) is 0 Å². The summed E-state index contributed by atoms with van der Waals surface area (Å²) in [5, 5.41) is 4.77. The van der Waals surface area contributed by atoms with Crippen LogP contribution in [0.5, 0.6) is 0 Å². The minimum atomic E-state index is -0.654. The summed E-state index contributed by atoms with van der Waals surface area (Å²) in [5.41, 5.74) is 0.834. The minimum absolute atomic E-state index is 0.302. The van der Waals surface area contributed by atoms with Crippen molar-refractivity contribution in [1.29, 1.82) is 0 Å². The maximum atomic E-state index is 11.5. The molecule has 0 radical (unpaired) electrons. The number of benzene rings is 1. The van der Waals surface area contributed by atoms with Crippen molar-refractivity contribution in [2.24, 2.45) is 0 Å². The van der Waals surface area contributed by atoms with Gasteiger partial charge in [0.2, 0.25) is 11.6 Å². The largest absolute Gasteiger partial charge is 0.338 e. The van der Waals surface area contributed by atoms with Crippen LogP contribution in [0.4, 0.5) is 4.79 Å². The first-order valence-electron chi connectivity index (χ1n) is 5.95. The van der Waals surface area contributed by atoms with E-state index in [2.05, 4.69) is 10.6 Å². The summed E-state index contributed by atoms with van der Waals surface area (Å²) in [7, 11) is 0. The van der Waals surface area contributed by atoms with E-state index in [1.807, 2.05) is 30.3 Å². The monoisotopic (exact) mass is 260 g/mol. The number of hydrogen-bond acceptors (Lipinski definition) is 3. The number of hydrogen-bond donors (Lipinski definition) is 2. The zero-order chi connectivity index (χ0) is 14.1. The quantitative estimate of drug-likeness (QED) is 0.595. The number of Topliss-reactive ketones (excluding diaryl/α,β-unsaturated/α-hetero) is 1. The summed E-state index contributed by atoms with van der Waals surface area (Å²) in [6.07, 6.45) is 2.77. The molecule has 1 aromatic carbocycles. The number of ketones is 2. The van der Waals surface area contributed by atoms with Gasteiger partial charge in [-0.15, -0.1) is 0 Å². The molecule has 0 heterocycles. The van der Waals surface area contributed by atoms with E-state index in [-0.39, 0.29) is 6.54 Å². The molecule has 0 unspecified atom stereocenters. The van der Waals surface area contributed by atoms with Crippen molar-refractivity contribution in [1.82, 2.24) is 10.6 Å². The number of nitrogens with one attached hydrogen (secondary N) is 2. The number of rotatable bonds is 6. The molecular weight excluding hydrogens is 244 g/mol. The van der Waals surface area contributed by atoms with Crippen LogP contribution < -0.4 is 10.6 Å². The molecule has 0 aliphatic rings. The molecule has 0 spiro atoms. The Balaban J connectivity index is 2.43. The van der Waals surface area contributed by atoms with E-state index in [0.29, 0.717) is 6.54 Å². The maximum Gasteiger partial charge on any atom is 0.315 e. The van der Waals surface area contributed by atoms with E-state index < -0.39 is 17.6 Å². The predicted octanol–water partition coefficient (Wildman–Crippen LogP) is 1.16. The fraction of sp³-hybridized carbons (Fsp3) is 0.214. The van der Waals surface area contributed by atoms with Gasteiger partial charge in [-0.1, -0.05) is 36.4 Å². The van der Waals surface area contributed by atoms with Gasteiger partial charge in [0.05, 0.1) is 6.54 Å². The van der Waals surface area contributed by atoms with Gasteiger partial charge in [-0.05, 0) is 18.6 Å². The molecule has 2 N–H and O–H groups in total. The Labute approximate surface area is 111 Å². The molecule has 1 rings (SSSR count). The van der Waals surface area contributed by atoms with Gasteiger partial charge < -0.3 is 10.6 Å². The molecule has 5 heteroatoms. The second kappa shape index (κ2) is 7.81. The lowest BCUT2D eigenvalue weighted by atomic mass is 10.1. The van der Waals surface area contributed by atoms with E-state index in [0.717, 1.165) is 5.56 Å². The molecule has 0 aliphatic carbocycles. The van der Waals surface area contributed by atoms with Gasteiger partial charge >= 0.3 is 6.03 Å². The smallest absolute Gasteiger partial charge is 0.315 e. The minimum Gasteiger partial charge on any atom is -0.338 e. The Morgan fingerprint density at radius 2 is 1.79 bits per heavy atom. The fourth-order valence-corrected chi connectivity index (χ4v) is 1.30. The Kier molecular flexibility index (Phi) is 6.02. The molecule has 0 aromatic heterocycles. The number of carbonyl (C=O) groups is 3. The molecule has 0 atom stereocenters. The van der Waals surface area contributed by atoms with Crippen molar-refractivity contribution in [3.05, 3.63) is 42.0 Å². The van der Waals surface area contributed by atoms with Gasteiger partial charge in [-0.25, -0.2) is 4.79 Å². The average Bonchev–Trinajstić information content (AvgIpc) is 2.43. The second-order valence-corrected chi connectivity index (χ2v) is 3.74. The molecule has 0 bridgehead atoms. The molecule has 100 valence electrons. The summed E-state index contributed by atoms with van der Waals surface area (Å²) in [4.78, 5) is 34.0. The number of amides is 2. The van der Waals surface area contributed by atoms with Crippen LogP contribution in [0, 0.1) is 0 Å². The van der Waals surface area contributed by atoms with Gasteiger partial charge in [0.25, 0.3) is 0 Å². The summed E-state index contributed by atoms with van der Waals surface area (Å²) >= 11 is 0. The van der Waals surface area contributed by atoms with Crippen LogP contribution in [0.15, 0.2) is 36.4 Å². The molecule has 0 aliphatic heterocycles. The van der Waals surface area contributed by atoms with Crippen LogP contribution >= 0.6 is 0 Å². The molecule has 19 heavy (non-hydrogen) atoms. The van der Waals surface area contributed by atoms with Crippen molar-refractivity contribution in [3.63, 3.8) is 0 Å². The first kappa shape index (κ1) is 14.6. The first-order valence-corrected chi connectivity index (χ1v) is 5.95. The lowest BCUT2D eigenvalue weighted by Gasteiger charge is -2.03. The third kappa shape index (κ3) is 5.63. The fourth-order valence-electron chi connectivity index (χ4n) is 1.30. The van der Waals surface area contributed by atoms with Gasteiger partial charge in [0.1, 0.15) is 0 Å². The van der Waals surface area contributed by atoms with Crippen LogP contribution in [0.1, 0.15) is 12.5 Å². The lowest BCUT2D eigenvalue weighted by Crippen LogP contribution is -2.39. The molecular formula is C14H16N2O3. The van der Waals surface area contributed by atoms with Crippen LogP contribution in [0.25, 0.3) is 6.08 Å². The van der Waals surface area contributed by atoms with Crippen molar-refractivity contribution in [2.45, 2.75) is 6.92 Å². The Hall–Kier alpha value is -2.43. The number of carbonyl (C=O) groups excluding carboxylic acids is 3. The average molecular weight is 260 g/mol. The van der Waals surface area contributed by atoms with Gasteiger partial charge in [0, 0.05) is 6.54 Å². The van der Waals surface area contributed by atoms with E-state index in [1.54, 1.807) is 13.0 Å². The number of urea groups is 1.